The van der Waals surface area contributed by atoms with Crippen molar-refractivity contribution in [2.75, 3.05) is 6.61 Å². The number of hydrogen-bond donors (Lipinski definition) is 0. The Bertz CT molecular complexity index is 203. The molecule has 0 radical (unpaired) electrons. The van der Waals surface area contributed by atoms with Gasteiger partial charge < -0.3 is 4.74 Å². The van der Waals surface area contributed by atoms with Crippen molar-refractivity contribution in [1.29, 1.82) is 0 Å². The summed E-state index contributed by atoms with van der Waals surface area (Å²) in [5, 5.41) is 0. The first kappa shape index (κ1) is 14.2. The third-order valence-electron chi connectivity index (χ3n) is 2.19. The number of esters is 1. The predicted molar refractivity (Wildman–Crippen MR) is 63.7 cm³/mol. The van der Waals surface area contributed by atoms with Crippen LogP contribution in [0.25, 0.3) is 0 Å². The minimum Gasteiger partial charge on any atom is -0.466 e. The van der Waals surface area contributed by atoms with Crippen LogP contribution in [0.1, 0.15) is 53.4 Å². The molecule has 0 N–H and O–H groups in total. The Kier molecular flexibility index (Phi) is 8.06. The summed E-state index contributed by atoms with van der Waals surface area (Å²) in [6.45, 7) is 8.86. The third kappa shape index (κ3) is 9.51. The van der Waals surface area contributed by atoms with Crippen LogP contribution in [0.4, 0.5) is 0 Å². The molecule has 0 aromatic heterocycles. The molecule has 0 fully saturated rings. The van der Waals surface area contributed by atoms with Crippen LogP contribution in [0, 0.1) is 5.92 Å². The summed E-state index contributed by atoms with van der Waals surface area (Å²) in [5.74, 6) is 0.367. The van der Waals surface area contributed by atoms with Crippen molar-refractivity contribution in [3.63, 3.8) is 0 Å². The summed E-state index contributed by atoms with van der Waals surface area (Å²) in [6, 6.07) is 0. The molecule has 0 amide bonds. The largest absolute Gasteiger partial charge is 0.466 e. The van der Waals surface area contributed by atoms with Crippen LogP contribution >= 0.6 is 0 Å². The zero-order valence-electron chi connectivity index (χ0n) is 10.5. The molecule has 88 valence electrons. The van der Waals surface area contributed by atoms with Gasteiger partial charge in [0.15, 0.2) is 0 Å². The number of ether oxygens (including phenoxy) is 1. The van der Waals surface area contributed by atoms with Gasteiger partial charge in [-0.3, -0.25) is 4.79 Å². The highest BCUT2D eigenvalue weighted by molar-refractivity contribution is 5.69. The van der Waals surface area contributed by atoms with Gasteiger partial charge in [-0.15, -0.1) is 0 Å². The molecule has 2 nitrogen and oxygen atoms in total. The lowest BCUT2D eigenvalue weighted by molar-refractivity contribution is -0.144. The van der Waals surface area contributed by atoms with Crippen molar-refractivity contribution >= 4 is 5.97 Å². The molecule has 0 aromatic rings. The van der Waals surface area contributed by atoms with Crippen molar-refractivity contribution in [3.05, 3.63) is 11.6 Å². The second-order valence-corrected chi connectivity index (χ2v) is 4.39. The van der Waals surface area contributed by atoms with Crippen LogP contribution in [0.5, 0.6) is 0 Å². The lowest BCUT2D eigenvalue weighted by Crippen LogP contribution is -2.10. The summed E-state index contributed by atoms with van der Waals surface area (Å²) in [6.07, 6.45) is 5.79. The number of carbonyl (C=O) groups is 1. The fourth-order valence-corrected chi connectivity index (χ4v) is 1.32. The molecule has 0 aliphatic rings. The van der Waals surface area contributed by atoms with E-state index in [9.17, 15) is 4.79 Å². The quantitative estimate of drug-likeness (QED) is 0.475. The van der Waals surface area contributed by atoms with Crippen molar-refractivity contribution in [2.24, 2.45) is 5.92 Å². The lowest BCUT2D eigenvalue weighted by atomic mass is 10.0. The number of rotatable bonds is 7. The van der Waals surface area contributed by atoms with Gasteiger partial charge in [-0.2, -0.15) is 0 Å². The van der Waals surface area contributed by atoms with E-state index < -0.39 is 0 Å². The molecule has 0 bridgehead atoms. The van der Waals surface area contributed by atoms with E-state index >= 15 is 0 Å². The Labute approximate surface area is 93.7 Å². The molecule has 1 unspecified atom stereocenters. The Morgan fingerprint density at radius 3 is 2.60 bits per heavy atom. The summed E-state index contributed by atoms with van der Waals surface area (Å²) >= 11 is 0. The summed E-state index contributed by atoms with van der Waals surface area (Å²) in [5.41, 5.74) is 1.34. The van der Waals surface area contributed by atoms with E-state index in [0.717, 1.165) is 19.3 Å². The van der Waals surface area contributed by atoms with E-state index in [1.54, 1.807) is 0 Å². The standard InChI is InChI=1S/C13H24O2/c1-5-9-15-13(14)10-12(4)8-6-7-11(2)3/h7,12H,5-6,8-10H2,1-4H3. The first-order valence-corrected chi connectivity index (χ1v) is 5.85. The molecular formula is C13H24O2. The molecule has 2 heteroatoms. The predicted octanol–water partition coefficient (Wildman–Crippen LogP) is 3.71. The van der Waals surface area contributed by atoms with Crippen molar-refractivity contribution in [1.82, 2.24) is 0 Å². The number of hydrogen-bond acceptors (Lipinski definition) is 2. The normalized spacial score (nSPS) is 12.0. The highest BCUT2D eigenvalue weighted by Crippen LogP contribution is 2.12. The SMILES string of the molecule is CCCOC(=O)CC(C)CCC=C(C)C. The monoisotopic (exact) mass is 212 g/mol. The topological polar surface area (TPSA) is 26.3 Å². The lowest BCUT2D eigenvalue weighted by Gasteiger charge is -2.09. The van der Waals surface area contributed by atoms with E-state index in [4.69, 9.17) is 4.74 Å². The second kappa shape index (κ2) is 8.51. The van der Waals surface area contributed by atoms with Crippen LogP contribution in [-0.4, -0.2) is 12.6 Å². The molecule has 0 heterocycles. The van der Waals surface area contributed by atoms with Gasteiger partial charge in [0, 0.05) is 6.42 Å². The summed E-state index contributed by atoms with van der Waals surface area (Å²) in [7, 11) is 0. The van der Waals surface area contributed by atoms with Crippen LogP contribution in [0.15, 0.2) is 11.6 Å². The first-order valence-electron chi connectivity index (χ1n) is 5.85. The summed E-state index contributed by atoms with van der Waals surface area (Å²) < 4.78 is 5.03. The number of carbonyl (C=O) groups excluding carboxylic acids is 1. The zero-order chi connectivity index (χ0) is 11.7. The molecule has 1 atom stereocenters. The van der Waals surface area contributed by atoms with Crippen LogP contribution in [-0.2, 0) is 9.53 Å². The van der Waals surface area contributed by atoms with E-state index in [0.29, 0.717) is 18.9 Å². The van der Waals surface area contributed by atoms with Gasteiger partial charge >= 0.3 is 5.97 Å². The maximum absolute atomic E-state index is 11.3. The van der Waals surface area contributed by atoms with E-state index in [1.165, 1.54) is 5.57 Å². The van der Waals surface area contributed by atoms with E-state index in [-0.39, 0.29) is 5.97 Å². The third-order valence-corrected chi connectivity index (χ3v) is 2.19. The van der Waals surface area contributed by atoms with E-state index in [2.05, 4.69) is 26.8 Å². The smallest absolute Gasteiger partial charge is 0.306 e. The highest BCUT2D eigenvalue weighted by Gasteiger charge is 2.08. The van der Waals surface area contributed by atoms with Gasteiger partial charge in [0.05, 0.1) is 6.61 Å². The van der Waals surface area contributed by atoms with Gasteiger partial charge in [-0.25, -0.2) is 0 Å². The van der Waals surface area contributed by atoms with Crippen LogP contribution in [0.2, 0.25) is 0 Å². The van der Waals surface area contributed by atoms with Gasteiger partial charge in [0.2, 0.25) is 0 Å². The van der Waals surface area contributed by atoms with Crippen LogP contribution in [0.3, 0.4) is 0 Å². The number of allylic oxidation sites excluding steroid dienone is 2. The summed E-state index contributed by atoms with van der Waals surface area (Å²) in [4.78, 5) is 11.3. The zero-order valence-corrected chi connectivity index (χ0v) is 10.5. The maximum atomic E-state index is 11.3. The fourth-order valence-electron chi connectivity index (χ4n) is 1.32. The maximum Gasteiger partial charge on any atom is 0.306 e. The van der Waals surface area contributed by atoms with Gasteiger partial charge in [0.25, 0.3) is 0 Å². The molecule has 0 aromatic carbocycles. The Hall–Kier alpha value is -0.790. The molecule has 0 aliphatic carbocycles. The van der Waals surface area contributed by atoms with Crippen molar-refractivity contribution < 1.29 is 9.53 Å². The molecule has 0 saturated carbocycles. The minimum absolute atomic E-state index is 0.0541. The van der Waals surface area contributed by atoms with Gasteiger partial charge in [0.1, 0.15) is 0 Å². The Balaban J connectivity index is 3.59. The molecule has 0 rings (SSSR count). The van der Waals surface area contributed by atoms with Gasteiger partial charge in [-0.05, 0) is 39.0 Å². The molecule has 0 spiro atoms. The Morgan fingerprint density at radius 1 is 1.40 bits per heavy atom. The fraction of sp³-hybridized carbons (Fsp3) is 0.769. The second-order valence-electron chi connectivity index (χ2n) is 4.39. The molecular weight excluding hydrogens is 188 g/mol. The first-order chi connectivity index (χ1) is 7.06. The Morgan fingerprint density at radius 2 is 2.07 bits per heavy atom. The van der Waals surface area contributed by atoms with Crippen LogP contribution < -0.4 is 0 Å². The molecule has 0 aliphatic heterocycles. The van der Waals surface area contributed by atoms with Crippen molar-refractivity contribution in [3.8, 4) is 0 Å². The average molecular weight is 212 g/mol. The molecule has 15 heavy (non-hydrogen) atoms. The highest BCUT2D eigenvalue weighted by atomic mass is 16.5. The average Bonchev–Trinajstić information content (AvgIpc) is 2.14. The molecule has 0 saturated heterocycles. The minimum atomic E-state index is -0.0541. The van der Waals surface area contributed by atoms with E-state index in [1.807, 2.05) is 6.92 Å². The van der Waals surface area contributed by atoms with Crippen molar-refractivity contribution in [2.45, 2.75) is 53.4 Å². The van der Waals surface area contributed by atoms with Gasteiger partial charge in [-0.1, -0.05) is 25.5 Å².